The van der Waals surface area contributed by atoms with Gasteiger partial charge in [0.1, 0.15) is 12.4 Å². The highest BCUT2D eigenvalue weighted by Crippen LogP contribution is 2.31. The van der Waals surface area contributed by atoms with E-state index in [2.05, 4.69) is 20.8 Å². The summed E-state index contributed by atoms with van der Waals surface area (Å²) in [6.07, 6.45) is 10.8. The number of piperidine rings is 1. The molecule has 0 aliphatic carbocycles. The fourth-order valence-corrected chi connectivity index (χ4v) is 4.19. The number of nitrogens with one attached hydrogen (secondary N) is 1. The molecule has 7 nitrogen and oxygen atoms in total. The first-order valence-electron chi connectivity index (χ1n) is 11.2. The molecule has 4 rings (SSSR count). The van der Waals surface area contributed by atoms with Crippen LogP contribution in [0.15, 0.2) is 53.6 Å². The van der Waals surface area contributed by atoms with E-state index in [4.69, 9.17) is 20.9 Å². The average Bonchev–Trinajstić information content (AvgIpc) is 2.84. The predicted molar refractivity (Wildman–Crippen MR) is 127 cm³/mol. The van der Waals surface area contributed by atoms with Crippen LogP contribution >= 0.6 is 0 Å². The Morgan fingerprint density at radius 3 is 2.82 bits per heavy atom. The Balaban J connectivity index is 1.49. The van der Waals surface area contributed by atoms with Crippen LogP contribution < -0.4 is 15.0 Å². The molecule has 1 aromatic carbocycles. The molecule has 0 saturated carbocycles. The molecule has 0 spiro atoms. The number of hydrogen-bond donors (Lipinski definition) is 1. The summed E-state index contributed by atoms with van der Waals surface area (Å²) >= 11 is 0. The largest absolute Gasteiger partial charge is 0.490 e. The number of likely N-dealkylation sites (tertiary alicyclic amines) is 1. The first-order valence-corrected chi connectivity index (χ1v) is 11.2. The summed E-state index contributed by atoms with van der Waals surface area (Å²) in [7, 11) is 0. The van der Waals surface area contributed by atoms with Crippen LogP contribution in [0.3, 0.4) is 0 Å². The molecule has 0 unspecified atom stereocenters. The number of aromatic amines is 1. The Hall–Kier alpha value is -3.63. The van der Waals surface area contributed by atoms with Crippen LogP contribution in [0.25, 0.3) is 11.4 Å². The van der Waals surface area contributed by atoms with Crippen molar-refractivity contribution in [1.29, 1.82) is 0 Å². The topological polar surface area (TPSA) is 80.3 Å². The maximum absolute atomic E-state index is 12.3. The SMILES string of the molecule is C#CCOc1ccc(CN2CCC[C@H](c3cc(=O)[nH]c(-c4ccncc4)n3)C2)cc1OCC. The third kappa shape index (κ3) is 5.79. The second-order valence-electron chi connectivity index (χ2n) is 8.04. The molecule has 2 aromatic heterocycles. The molecule has 1 saturated heterocycles. The standard InChI is InChI=1S/C26H28N4O3/c1-3-14-33-23-8-7-19(15-24(23)32-4-2)17-30-13-5-6-21(18-30)22-16-25(31)29-26(28-22)20-9-11-27-12-10-20/h1,7-12,15-16,21H,4-6,13-14,17-18H2,2H3,(H,28,29,31)/t21-/m0/s1. The molecule has 7 heteroatoms. The fraction of sp³-hybridized carbons (Fsp3) is 0.346. The van der Waals surface area contributed by atoms with Crippen molar-refractivity contribution >= 4 is 0 Å². The summed E-state index contributed by atoms with van der Waals surface area (Å²) in [6.45, 7) is 5.32. The molecule has 1 N–H and O–H groups in total. The minimum Gasteiger partial charge on any atom is -0.490 e. The Morgan fingerprint density at radius 1 is 1.18 bits per heavy atom. The molecule has 1 aliphatic heterocycles. The molecule has 0 bridgehead atoms. The van der Waals surface area contributed by atoms with E-state index in [-0.39, 0.29) is 18.1 Å². The molecule has 1 atom stereocenters. The van der Waals surface area contributed by atoms with Gasteiger partial charge < -0.3 is 14.5 Å². The molecule has 1 aliphatic rings. The number of rotatable bonds is 8. The monoisotopic (exact) mass is 444 g/mol. The summed E-state index contributed by atoms with van der Waals surface area (Å²) in [5, 5.41) is 0. The van der Waals surface area contributed by atoms with Gasteiger partial charge in [-0.3, -0.25) is 14.7 Å². The van der Waals surface area contributed by atoms with Crippen molar-refractivity contribution in [3.8, 4) is 35.2 Å². The highest BCUT2D eigenvalue weighted by Gasteiger charge is 2.24. The second-order valence-corrected chi connectivity index (χ2v) is 8.04. The van der Waals surface area contributed by atoms with E-state index in [1.807, 2.05) is 37.3 Å². The summed E-state index contributed by atoms with van der Waals surface area (Å²) in [4.78, 5) is 26.4. The zero-order chi connectivity index (χ0) is 23.0. The van der Waals surface area contributed by atoms with E-state index in [0.717, 1.165) is 49.3 Å². The first kappa shape index (κ1) is 22.6. The van der Waals surface area contributed by atoms with E-state index in [9.17, 15) is 4.79 Å². The number of benzene rings is 1. The fourth-order valence-electron chi connectivity index (χ4n) is 4.19. The summed E-state index contributed by atoms with van der Waals surface area (Å²) in [5.41, 5.74) is 2.70. The Kier molecular flexibility index (Phi) is 7.38. The van der Waals surface area contributed by atoms with E-state index in [1.54, 1.807) is 18.5 Å². The Morgan fingerprint density at radius 2 is 2.03 bits per heavy atom. The lowest BCUT2D eigenvalue weighted by atomic mass is 9.94. The third-order valence-electron chi connectivity index (χ3n) is 5.66. The number of H-pyrrole nitrogens is 1. The molecule has 3 aromatic rings. The van der Waals surface area contributed by atoms with Gasteiger partial charge in [0.2, 0.25) is 0 Å². The van der Waals surface area contributed by atoms with Gasteiger partial charge in [0.25, 0.3) is 5.56 Å². The lowest BCUT2D eigenvalue weighted by Crippen LogP contribution is -2.34. The van der Waals surface area contributed by atoms with Crippen LogP contribution in [-0.4, -0.2) is 46.2 Å². The minimum absolute atomic E-state index is 0.132. The van der Waals surface area contributed by atoms with Gasteiger partial charge in [-0.2, -0.15) is 0 Å². The molecule has 1 fully saturated rings. The molecule has 170 valence electrons. The van der Waals surface area contributed by atoms with Crippen LogP contribution in [0, 0.1) is 12.3 Å². The van der Waals surface area contributed by atoms with Gasteiger partial charge in [0.05, 0.1) is 12.3 Å². The predicted octanol–water partition coefficient (Wildman–Crippen LogP) is 3.62. The van der Waals surface area contributed by atoms with Crippen LogP contribution in [0.2, 0.25) is 0 Å². The minimum atomic E-state index is -0.132. The van der Waals surface area contributed by atoms with Crippen molar-refractivity contribution in [3.05, 3.63) is 70.4 Å². The van der Waals surface area contributed by atoms with Crippen molar-refractivity contribution in [3.63, 3.8) is 0 Å². The third-order valence-corrected chi connectivity index (χ3v) is 5.66. The zero-order valence-corrected chi connectivity index (χ0v) is 18.8. The molecule has 0 amide bonds. The smallest absolute Gasteiger partial charge is 0.251 e. The maximum atomic E-state index is 12.3. The van der Waals surface area contributed by atoms with Crippen molar-refractivity contribution in [1.82, 2.24) is 19.9 Å². The molecular formula is C26H28N4O3. The lowest BCUT2D eigenvalue weighted by molar-refractivity contribution is 0.198. The van der Waals surface area contributed by atoms with E-state index < -0.39 is 0 Å². The highest BCUT2D eigenvalue weighted by atomic mass is 16.5. The Labute approximate surface area is 193 Å². The van der Waals surface area contributed by atoms with Crippen molar-refractivity contribution in [2.75, 3.05) is 26.3 Å². The quantitative estimate of drug-likeness (QED) is 0.535. The lowest BCUT2D eigenvalue weighted by Gasteiger charge is -2.32. The van der Waals surface area contributed by atoms with Gasteiger partial charge in [-0.25, -0.2) is 4.98 Å². The van der Waals surface area contributed by atoms with Gasteiger partial charge in [-0.05, 0) is 56.1 Å². The van der Waals surface area contributed by atoms with Crippen LogP contribution in [0.5, 0.6) is 11.5 Å². The van der Waals surface area contributed by atoms with Crippen LogP contribution in [0.1, 0.15) is 36.9 Å². The van der Waals surface area contributed by atoms with Crippen LogP contribution in [0.4, 0.5) is 0 Å². The second kappa shape index (κ2) is 10.8. The van der Waals surface area contributed by atoms with Gasteiger partial charge in [-0.1, -0.05) is 12.0 Å². The molecular weight excluding hydrogens is 416 g/mol. The Bertz CT molecular complexity index is 1170. The van der Waals surface area contributed by atoms with Gasteiger partial charge in [0.15, 0.2) is 11.5 Å². The summed E-state index contributed by atoms with van der Waals surface area (Å²) in [6, 6.07) is 11.3. The van der Waals surface area contributed by atoms with Gasteiger partial charge in [0, 0.05) is 43.0 Å². The number of hydrogen-bond acceptors (Lipinski definition) is 6. The van der Waals surface area contributed by atoms with E-state index in [1.165, 1.54) is 0 Å². The van der Waals surface area contributed by atoms with E-state index in [0.29, 0.717) is 23.9 Å². The number of pyridine rings is 1. The van der Waals surface area contributed by atoms with Crippen molar-refractivity contribution < 1.29 is 9.47 Å². The summed E-state index contributed by atoms with van der Waals surface area (Å²) < 4.78 is 11.4. The number of terminal acetylenes is 1. The van der Waals surface area contributed by atoms with Crippen LogP contribution in [-0.2, 0) is 6.54 Å². The van der Waals surface area contributed by atoms with Gasteiger partial charge in [-0.15, -0.1) is 6.42 Å². The highest BCUT2D eigenvalue weighted by molar-refractivity contribution is 5.53. The maximum Gasteiger partial charge on any atom is 0.251 e. The van der Waals surface area contributed by atoms with Crippen molar-refractivity contribution in [2.45, 2.75) is 32.2 Å². The molecule has 3 heterocycles. The number of aromatic nitrogens is 3. The van der Waals surface area contributed by atoms with E-state index >= 15 is 0 Å². The molecule has 0 radical (unpaired) electrons. The average molecular weight is 445 g/mol. The zero-order valence-electron chi connectivity index (χ0n) is 18.8. The molecule has 33 heavy (non-hydrogen) atoms. The van der Waals surface area contributed by atoms with Crippen molar-refractivity contribution in [2.24, 2.45) is 0 Å². The first-order chi connectivity index (χ1) is 16.2. The summed E-state index contributed by atoms with van der Waals surface area (Å²) in [5.74, 6) is 4.63. The number of ether oxygens (including phenoxy) is 2. The normalized spacial score (nSPS) is 16.2. The van der Waals surface area contributed by atoms with Gasteiger partial charge >= 0.3 is 0 Å². The number of nitrogens with zero attached hydrogens (tertiary/aromatic N) is 3.